The van der Waals surface area contributed by atoms with Crippen LogP contribution in [0.4, 0.5) is 5.69 Å². The normalized spacial score (nSPS) is 18.2. The third kappa shape index (κ3) is 4.66. The molecule has 2 rings (SSSR count). The Balaban J connectivity index is 2.01. The summed E-state index contributed by atoms with van der Waals surface area (Å²) in [7, 11) is 0. The molecule has 0 spiro atoms. The lowest BCUT2D eigenvalue weighted by Crippen LogP contribution is -2.28. The van der Waals surface area contributed by atoms with Crippen molar-refractivity contribution in [2.75, 3.05) is 5.32 Å². The minimum Gasteiger partial charge on any atom is -0.478 e. The molecule has 1 aromatic carbocycles. The molecule has 1 unspecified atom stereocenters. The van der Waals surface area contributed by atoms with Gasteiger partial charge in [-0.15, -0.1) is 5.10 Å². The number of nitrogens with one attached hydrogen (secondary N) is 2. The van der Waals surface area contributed by atoms with E-state index >= 15 is 0 Å². The number of thioether (sulfide) groups is 1. The van der Waals surface area contributed by atoms with Crippen molar-refractivity contribution < 1.29 is 19.5 Å². The van der Waals surface area contributed by atoms with Gasteiger partial charge >= 0.3 is 5.97 Å². The molecule has 1 aromatic rings. The number of benzene rings is 1. The van der Waals surface area contributed by atoms with Gasteiger partial charge in [0.1, 0.15) is 5.25 Å². The maximum absolute atomic E-state index is 12.1. The van der Waals surface area contributed by atoms with Gasteiger partial charge < -0.3 is 15.7 Å². The van der Waals surface area contributed by atoms with Crippen LogP contribution < -0.4 is 10.6 Å². The molecule has 2 amide bonds. The first-order chi connectivity index (χ1) is 11.4. The van der Waals surface area contributed by atoms with Crippen LogP contribution in [0.5, 0.6) is 0 Å². The second-order valence-corrected chi connectivity index (χ2v) is 6.34. The van der Waals surface area contributed by atoms with Crippen molar-refractivity contribution >= 4 is 46.1 Å². The van der Waals surface area contributed by atoms with Crippen LogP contribution in [0.2, 0.25) is 0 Å². The molecule has 0 bridgehead atoms. The molecule has 3 N–H and O–H groups in total. The number of carbonyl (C=O) groups is 3. The summed E-state index contributed by atoms with van der Waals surface area (Å²) in [6, 6.07) is 6.08. The van der Waals surface area contributed by atoms with Gasteiger partial charge in [-0.3, -0.25) is 9.59 Å². The highest BCUT2D eigenvalue weighted by Crippen LogP contribution is 2.23. The minimum atomic E-state index is -1.14. The first kappa shape index (κ1) is 17.7. The van der Waals surface area contributed by atoms with Gasteiger partial charge in [0, 0.05) is 12.1 Å². The number of anilines is 1. The molecule has 0 saturated carbocycles. The Morgan fingerprint density at radius 3 is 2.71 bits per heavy atom. The number of rotatable bonds is 5. The smallest absolute Gasteiger partial charge is 0.337 e. The van der Waals surface area contributed by atoms with Crippen LogP contribution in [-0.2, 0) is 9.59 Å². The summed E-state index contributed by atoms with van der Waals surface area (Å²) < 4.78 is 0. The fraction of sp³-hybridized carbons (Fsp3) is 0.267. The molecule has 1 aliphatic rings. The van der Waals surface area contributed by atoms with Crippen LogP contribution in [-0.4, -0.2) is 39.0 Å². The molecule has 126 valence electrons. The van der Waals surface area contributed by atoms with Gasteiger partial charge in [-0.05, 0) is 26.0 Å². The van der Waals surface area contributed by atoms with E-state index in [1.54, 1.807) is 26.0 Å². The van der Waals surface area contributed by atoms with Crippen LogP contribution in [0, 0.1) is 0 Å². The summed E-state index contributed by atoms with van der Waals surface area (Å²) in [5.41, 5.74) is 0.923. The molecule has 1 aliphatic heterocycles. The summed E-state index contributed by atoms with van der Waals surface area (Å²) in [5.74, 6) is -1.92. The van der Waals surface area contributed by atoms with E-state index in [0.717, 1.165) is 17.5 Å². The first-order valence-corrected chi connectivity index (χ1v) is 7.93. The Bertz CT molecular complexity index is 741. The van der Waals surface area contributed by atoms with E-state index in [9.17, 15) is 14.4 Å². The molecule has 24 heavy (non-hydrogen) atoms. The first-order valence-electron chi connectivity index (χ1n) is 7.05. The Kier molecular flexibility index (Phi) is 5.69. The van der Waals surface area contributed by atoms with Crippen molar-refractivity contribution in [3.8, 4) is 0 Å². The Labute approximate surface area is 142 Å². The second kappa shape index (κ2) is 7.73. The van der Waals surface area contributed by atoms with Gasteiger partial charge in [0.2, 0.25) is 11.8 Å². The zero-order valence-corrected chi connectivity index (χ0v) is 13.9. The summed E-state index contributed by atoms with van der Waals surface area (Å²) in [5, 5.41) is 21.6. The van der Waals surface area contributed by atoms with Crippen molar-refractivity contribution in [3.63, 3.8) is 0 Å². The summed E-state index contributed by atoms with van der Waals surface area (Å²) >= 11 is 1.12. The van der Waals surface area contributed by atoms with E-state index in [-0.39, 0.29) is 23.6 Å². The number of carbonyl (C=O) groups excluding carboxylic acids is 2. The Morgan fingerprint density at radius 1 is 1.33 bits per heavy atom. The summed E-state index contributed by atoms with van der Waals surface area (Å²) in [4.78, 5) is 35.1. The van der Waals surface area contributed by atoms with Crippen LogP contribution >= 0.6 is 11.8 Å². The topological polar surface area (TPSA) is 120 Å². The molecule has 9 heteroatoms. The molecule has 8 nitrogen and oxygen atoms in total. The molecular formula is C15H16N4O4S. The molecule has 0 aliphatic carbocycles. The molecule has 1 saturated heterocycles. The lowest BCUT2D eigenvalue weighted by molar-refractivity contribution is -0.122. The second-order valence-electron chi connectivity index (χ2n) is 5.15. The van der Waals surface area contributed by atoms with E-state index in [0.29, 0.717) is 5.17 Å². The van der Waals surface area contributed by atoms with E-state index in [1.165, 1.54) is 12.1 Å². The largest absolute Gasteiger partial charge is 0.478 e. The maximum atomic E-state index is 12.1. The Hall–Kier alpha value is -2.68. The lowest BCUT2D eigenvalue weighted by atomic mass is 10.1. The number of hydrogen-bond acceptors (Lipinski definition) is 6. The number of carboxylic acid groups (broad SMARTS) is 1. The fourth-order valence-corrected chi connectivity index (χ4v) is 2.80. The molecule has 1 fully saturated rings. The third-order valence-electron chi connectivity index (χ3n) is 2.92. The highest BCUT2D eigenvalue weighted by molar-refractivity contribution is 8.15. The number of hydrogen-bond donors (Lipinski definition) is 3. The maximum Gasteiger partial charge on any atom is 0.337 e. The van der Waals surface area contributed by atoms with E-state index in [4.69, 9.17) is 5.11 Å². The van der Waals surface area contributed by atoms with E-state index in [2.05, 4.69) is 20.8 Å². The van der Waals surface area contributed by atoms with Gasteiger partial charge in [0.25, 0.3) is 0 Å². The van der Waals surface area contributed by atoms with Crippen LogP contribution in [0.3, 0.4) is 0 Å². The molecule has 0 aromatic heterocycles. The van der Waals surface area contributed by atoms with Crippen molar-refractivity contribution in [2.45, 2.75) is 25.5 Å². The average Bonchev–Trinajstić information content (AvgIpc) is 2.85. The number of nitrogens with zero attached hydrogens (tertiary/aromatic N) is 2. The van der Waals surface area contributed by atoms with Gasteiger partial charge in [0.05, 0.1) is 11.3 Å². The lowest BCUT2D eigenvalue weighted by Gasteiger charge is -2.09. The van der Waals surface area contributed by atoms with Crippen molar-refractivity contribution in [1.82, 2.24) is 5.32 Å². The number of amidine groups is 1. The number of amides is 2. The average molecular weight is 348 g/mol. The Morgan fingerprint density at radius 2 is 2.04 bits per heavy atom. The third-order valence-corrected chi connectivity index (χ3v) is 3.99. The predicted octanol–water partition coefficient (Wildman–Crippen LogP) is 1.70. The van der Waals surface area contributed by atoms with Gasteiger partial charge in [-0.1, -0.05) is 23.9 Å². The van der Waals surface area contributed by atoms with Gasteiger partial charge in [-0.2, -0.15) is 5.10 Å². The number of aromatic carboxylic acids is 1. The zero-order chi connectivity index (χ0) is 17.7. The van der Waals surface area contributed by atoms with Gasteiger partial charge in [0.15, 0.2) is 5.17 Å². The SMILES string of the molecule is CC(C)=N/N=C1\NC(=O)C(CC(=O)Nc2ccccc2C(=O)O)S1. The number of carboxylic acids is 1. The quantitative estimate of drug-likeness (QED) is 0.552. The predicted molar refractivity (Wildman–Crippen MR) is 92.4 cm³/mol. The summed E-state index contributed by atoms with van der Waals surface area (Å²) in [6.45, 7) is 3.55. The van der Waals surface area contributed by atoms with E-state index < -0.39 is 17.1 Å². The van der Waals surface area contributed by atoms with Crippen LogP contribution in [0.1, 0.15) is 30.6 Å². The molecule has 1 heterocycles. The standard InChI is InChI=1S/C15H16N4O4S/c1-8(2)18-19-15-17-13(21)11(24-15)7-12(20)16-10-6-4-3-5-9(10)14(22)23/h3-6,11H,7H2,1-2H3,(H,16,20)(H,22,23)(H,17,19,21). The van der Waals surface area contributed by atoms with Gasteiger partial charge in [-0.25, -0.2) is 4.79 Å². The van der Waals surface area contributed by atoms with Crippen LogP contribution in [0.15, 0.2) is 34.5 Å². The van der Waals surface area contributed by atoms with Crippen molar-refractivity contribution in [2.24, 2.45) is 10.2 Å². The summed E-state index contributed by atoms with van der Waals surface area (Å²) in [6.07, 6.45) is -0.0989. The highest BCUT2D eigenvalue weighted by atomic mass is 32.2. The minimum absolute atomic E-state index is 0.00983. The van der Waals surface area contributed by atoms with E-state index in [1.807, 2.05) is 0 Å². The molecule has 1 atom stereocenters. The zero-order valence-electron chi connectivity index (χ0n) is 13.1. The molecular weight excluding hydrogens is 332 g/mol. The van der Waals surface area contributed by atoms with Crippen molar-refractivity contribution in [1.29, 1.82) is 0 Å². The monoisotopic (exact) mass is 348 g/mol. The fourth-order valence-electron chi connectivity index (χ4n) is 1.88. The number of para-hydroxylation sites is 1. The van der Waals surface area contributed by atoms with Crippen molar-refractivity contribution in [3.05, 3.63) is 29.8 Å². The molecule has 0 radical (unpaired) electrons. The van der Waals surface area contributed by atoms with Crippen LogP contribution in [0.25, 0.3) is 0 Å². The highest BCUT2D eigenvalue weighted by Gasteiger charge is 2.32.